The van der Waals surface area contributed by atoms with Gasteiger partial charge >= 0.3 is 7.82 Å². The average molecular weight is 808 g/mol. The fourth-order valence-corrected chi connectivity index (χ4v) is 9.44. The number of phosphoric acid groups is 1. The number of hydrogen-bond acceptors (Lipinski definition) is 5. The van der Waals surface area contributed by atoms with Crippen LogP contribution in [0.3, 0.4) is 0 Å². The predicted molar refractivity (Wildman–Crippen MR) is 220 cm³/mol. The molecule has 1 N–H and O–H groups in total. The first kappa shape index (κ1) is 47.7. The van der Waals surface area contributed by atoms with Crippen LogP contribution in [0, 0.1) is 11.8 Å². The van der Waals surface area contributed by atoms with Gasteiger partial charge in [0.15, 0.2) is 0 Å². The number of halogens is 1. The molecule has 2 saturated carbocycles. The van der Waals surface area contributed by atoms with Crippen LogP contribution < -0.4 is 0 Å². The molecule has 2 rings (SSSR count). The van der Waals surface area contributed by atoms with Crippen LogP contribution in [0.25, 0.3) is 0 Å². The zero-order valence-electron chi connectivity index (χ0n) is 33.3. The molecule has 2 unspecified atom stereocenters. The third-order valence-corrected chi connectivity index (χ3v) is 12.8. The maximum Gasteiger partial charge on any atom is 0.472 e. The van der Waals surface area contributed by atoms with Crippen LogP contribution in [0.5, 0.6) is 0 Å². The molecule has 0 aromatic heterocycles. The first-order chi connectivity index (χ1) is 25.1. The number of hydrogen-bond donors (Lipinski definition) is 1. The Morgan fingerprint density at radius 1 is 0.490 bits per heavy atom. The van der Waals surface area contributed by atoms with Gasteiger partial charge in [-0.1, -0.05) is 221 Å². The minimum absolute atomic E-state index is 0.00281. The van der Waals surface area contributed by atoms with Crippen LogP contribution in [0.15, 0.2) is 0 Å². The van der Waals surface area contributed by atoms with Gasteiger partial charge in [0.25, 0.3) is 0 Å². The molecule has 2 aliphatic carbocycles. The normalized spacial score (nSPS) is 17.9. The Labute approximate surface area is 325 Å². The summed E-state index contributed by atoms with van der Waals surface area (Å²) in [5.74, 6) is 2.09. The molecule has 6 nitrogen and oxygen atoms in total. The summed E-state index contributed by atoms with van der Waals surface area (Å²) >= 11 is 3.22. The summed E-state index contributed by atoms with van der Waals surface area (Å²) in [5.41, 5.74) is 0. The molecule has 0 aromatic rings. The van der Waals surface area contributed by atoms with Crippen molar-refractivity contribution in [3.63, 3.8) is 0 Å². The second-order valence-corrected chi connectivity index (χ2v) is 18.5. The molecule has 0 radical (unpaired) electrons. The largest absolute Gasteiger partial charge is 0.472 e. The van der Waals surface area contributed by atoms with Crippen LogP contribution in [-0.2, 0) is 23.1 Å². The van der Waals surface area contributed by atoms with E-state index >= 15 is 0 Å². The highest BCUT2D eigenvalue weighted by Gasteiger charge is 2.23. The van der Waals surface area contributed by atoms with Crippen LogP contribution in [-0.4, -0.2) is 49.4 Å². The zero-order chi connectivity index (χ0) is 36.3. The van der Waals surface area contributed by atoms with Crippen molar-refractivity contribution >= 4 is 23.8 Å². The van der Waals surface area contributed by atoms with Gasteiger partial charge in [-0.15, -0.1) is 0 Å². The third-order valence-electron chi connectivity index (χ3n) is 11.5. The van der Waals surface area contributed by atoms with Crippen molar-refractivity contribution in [2.45, 2.75) is 224 Å². The summed E-state index contributed by atoms with van der Waals surface area (Å²) in [6.45, 7) is 1.81. The summed E-state index contributed by atoms with van der Waals surface area (Å²) in [6, 6.07) is 0. The third kappa shape index (κ3) is 30.4. The molecule has 0 bridgehead atoms. The number of alkyl halides is 1. The molecule has 304 valence electrons. The maximum atomic E-state index is 12.2. The van der Waals surface area contributed by atoms with Gasteiger partial charge in [-0.2, -0.15) is 0 Å². The number of ether oxygens (including phenoxy) is 2. The Bertz CT molecular complexity index is 776. The highest BCUT2D eigenvalue weighted by Crippen LogP contribution is 2.43. The summed E-state index contributed by atoms with van der Waals surface area (Å²) in [7, 11) is -4.09. The van der Waals surface area contributed by atoms with E-state index in [9.17, 15) is 9.46 Å². The van der Waals surface area contributed by atoms with Crippen molar-refractivity contribution in [1.82, 2.24) is 0 Å². The van der Waals surface area contributed by atoms with E-state index in [2.05, 4.69) is 15.9 Å². The molecule has 0 aliphatic heterocycles. The highest BCUT2D eigenvalue weighted by atomic mass is 79.9. The van der Waals surface area contributed by atoms with Crippen molar-refractivity contribution in [2.24, 2.45) is 11.8 Å². The first-order valence-electron chi connectivity index (χ1n) is 22.5. The fraction of sp³-hybridized carbons (Fsp3) is 1.00. The van der Waals surface area contributed by atoms with E-state index in [1.165, 1.54) is 199 Å². The predicted octanol–water partition coefficient (Wildman–Crippen LogP) is 14.4. The Balaban J connectivity index is 1.40. The molecule has 0 spiro atoms. The summed E-state index contributed by atoms with van der Waals surface area (Å²) < 4.78 is 34.4. The molecule has 0 aromatic carbocycles. The topological polar surface area (TPSA) is 74.2 Å². The Morgan fingerprint density at radius 2 is 0.882 bits per heavy atom. The van der Waals surface area contributed by atoms with E-state index in [4.69, 9.17) is 18.5 Å². The minimum Gasteiger partial charge on any atom is -0.379 e. The quantitative estimate of drug-likeness (QED) is 0.0383. The van der Waals surface area contributed by atoms with Crippen LogP contribution in [0.4, 0.5) is 0 Å². The second kappa shape index (κ2) is 35.0. The van der Waals surface area contributed by atoms with Gasteiger partial charge in [0.2, 0.25) is 0 Å². The SMILES string of the molecule is O=P(O)(OCCBr)OCC(COCCCCCCCCCCCCCC1CCCCC1)OCCCCCCCCCCCCCC1CCCCC1. The maximum absolute atomic E-state index is 12.2. The smallest absolute Gasteiger partial charge is 0.379 e. The van der Waals surface area contributed by atoms with Crippen molar-refractivity contribution in [2.75, 3.05) is 38.4 Å². The Kier molecular flexibility index (Phi) is 32.7. The van der Waals surface area contributed by atoms with Crippen molar-refractivity contribution in [1.29, 1.82) is 0 Å². The lowest BCUT2D eigenvalue weighted by Gasteiger charge is -2.21. The van der Waals surface area contributed by atoms with E-state index in [-0.39, 0.29) is 19.3 Å². The van der Waals surface area contributed by atoms with Crippen molar-refractivity contribution < 1.29 is 28.0 Å². The lowest BCUT2D eigenvalue weighted by Crippen LogP contribution is -2.26. The summed E-state index contributed by atoms with van der Waals surface area (Å²) in [5, 5.41) is 0.477. The average Bonchev–Trinajstić information content (AvgIpc) is 3.15. The number of phosphoric ester groups is 1. The van der Waals surface area contributed by atoms with Gasteiger partial charge in [-0.25, -0.2) is 4.57 Å². The fourth-order valence-electron chi connectivity index (χ4n) is 8.28. The molecule has 0 heterocycles. The van der Waals surface area contributed by atoms with Gasteiger partial charge in [-0.3, -0.25) is 9.05 Å². The molecule has 2 aliphatic rings. The molecule has 51 heavy (non-hydrogen) atoms. The summed E-state index contributed by atoms with van der Waals surface area (Å²) in [4.78, 5) is 9.96. The molecular weight excluding hydrogens is 723 g/mol. The number of rotatable bonds is 37. The molecule has 8 heteroatoms. The van der Waals surface area contributed by atoms with Crippen LogP contribution in [0.1, 0.15) is 218 Å². The van der Waals surface area contributed by atoms with Gasteiger partial charge in [0, 0.05) is 18.5 Å². The highest BCUT2D eigenvalue weighted by molar-refractivity contribution is 9.09. The van der Waals surface area contributed by atoms with E-state index in [0.717, 1.165) is 31.1 Å². The van der Waals surface area contributed by atoms with Crippen molar-refractivity contribution in [3.8, 4) is 0 Å². The molecule has 0 saturated heterocycles. The Hall–Kier alpha value is 0.510. The summed E-state index contributed by atoms with van der Waals surface area (Å²) in [6.07, 6.45) is 46.7. The van der Waals surface area contributed by atoms with E-state index in [1.807, 2.05) is 0 Å². The molecule has 2 fully saturated rings. The minimum atomic E-state index is -4.09. The van der Waals surface area contributed by atoms with E-state index < -0.39 is 7.82 Å². The Morgan fingerprint density at radius 3 is 1.31 bits per heavy atom. The van der Waals surface area contributed by atoms with Gasteiger partial charge in [0.1, 0.15) is 6.10 Å². The molecular formula is C43H84BrO6P. The second-order valence-electron chi connectivity index (χ2n) is 16.2. The van der Waals surface area contributed by atoms with Crippen molar-refractivity contribution in [3.05, 3.63) is 0 Å². The molecule has 0 amide bonds. The van der Waals surface area contributed by atoms with Crippen LogP contribution >= 0.6 is 23.8 Å². The van der Waals surface area contributed by atoms with Gasteiger partial charge < -0.3 is 14.4 Å². The number of unbranched alkanes of at least 4 members (excludes halogenated alkanes) is 20. The lowest BCUT2D eigenvalue weighted by atomic mass is 9.85. The van der Waals surface area contributed by atoms with Gasteiger partial charge in [0.05, 0.1) is 19.8 Å². The molecule has 2 atom stereocenters. The monoisotopic (exact) mass is 807 g/mol. The van der Waals surface area contributed by atoms with Crippen LogP contribution in [0.2, 0.25) is 0 Å². The van der Waals surface area contributed by atoms with E-state index in [0.29, 0.717) is 25.2 Å². The lowest BCUT2D eigenvalue weighted by molar-refractivity contribution is -0.0442. The zero-order valence-corrected chi connectivity index (χ0v) is 35.8. The standard InChI is InChI=1S/C43H84BrO6P/c44-35-38-49-51(45,46)50-40-43(48-37-28-18-14-10-6-2-4-8-12-16-22-30-42-33-25-20-26-34-42)39-47-36-27-17-13-9-5-1-3-7-11-15-21-29-41-31-23-19-24-32-41/h41-43H,1-40H2,(H,45,46). The van der Waals surface area contributed by atoms with Gasteiger partial charge in [-0.05, 0) is 24.7 Å². The first-order valence-corrected chi connectivity index (χ1v) is 25.1. The van der Waals surface area contributed by atoms with E-state index in [1.54, 1.807) is 0 Å².